The summed E-state index contributed by atoms with van der Waals surface area (Å²) in [5, 5.41) is 3.86. The van der Waals surface area contributed by atoms with Crippen LogP contribution in [0.1, 0.15) is 54.9 Å². The first kappa shape index (κ1) is 22.6. The largest absolute Gasteiger partial charge is 0.376 e. The van der Waals surface area contributed by atoms with Gasteiger partial charge in [0.2, 0.25) is 0 Å². The number of hydrogen-bond donors (Lipinski definition) is 1. The van der Waals surface area contributed by atoms with E-state index in [0.717, 1.165) is 30.5 Å². The van der Waals surface area contributed by atoms with Crippen molar-refractivity contribution in [2.75, 3.05) is 28.5 Å². The molecule has 0 aliphatic carbocycles. The van der Waals surface area contributed by atoms with Crippen LogP contribution in [0.15, 0.2) is 36.4 Å². The van der Waals surface area contributed by atoms with Crippen LogP contribution in [0.2, 0.25) is 10.0 Å². The second-order valence-corrected chi connectivity index (χ2v) is 11.0. The van der Waals surface area contributed by atoms with E-state index in [-0.39, 0.29) is 11.5 Å². The summed E-state index contributed by atoms with van der Waals surface area (Å²) in [6.07, 6.45) is 2.67. The minimum absolute atomic E-state index is 0.182. The van der Waals surface area contributed by atoms with Gasteiger partial charge >= 0.3 is 0 Å². The molecule has 4 rings (SSSR count). The normalized spacial score (nSPS) is 23.0. The minimum atomic E-state index is -1.06. The van der Waals surface area contributed by atoms with Crippen LogP contribution in [0.3, 0.4) is 0 Å². The fourth-order valence-corrected chi connectivity index (χ4v) is 5.99. The van der Waals surface area contributed by atoms with Gasteiger partial charge in [-0.1, -0.05) is 23.2 Å². The average Bonchev–Trinajstić information content (AvgIpc) is 3.13. The second kappa shape index (κ2) is 9.10. The highest BCUT2D eigenvalue weighted by atomic mass is 35.5. The summed E-state index contributed by atoms with van der Waals surface area (Å²) in [5.74, 6) is 0.630. The Morgan fingerprint density at radius 3 is 2.74 bits per heavy atom. The zero-order valence-corrected chi connectivity index (χ0v) is 19.9. The smallest absolute Gasteiger partial charge is 0.257 e. The molecule has 2 unspecified atom stereocenters. The van der Waals surface area contributed by atoms with Gasteiger partial charge < -0.3 is 10.1 Å². The van der Waals surface area contributed by atoms with Crippen LogP contribution in [0, 0.1) is 0 Å². The summed E-state index contributed by atoms with van der Waals surface area (Å²) in [7, 11) is -1.06. The second-order valence-electron chi connectivity index (χ2n) is 8.67. The van der Waals surface area contributed by atoms with E-state index in [2.05, 4.69) is 19.2 Å². The van der Waals surface area contributed by atoms with E-state index in [4.69, 9.17) is 27.9 Å². The van der Waals surface area contributed by atoms with Crippen LogP contribution in [0.25, 0.3) is 0 Å². The maximum Gasteiger partial charge on any atom is 0.257 e. The quantitative estimate of drug-likeness (QED) is 0.601. The fraction of sp³-hybridized carbons (Fsp3) is 0.435. The van der Waals surface area contributed by atoms with E-state index in [1.54, 1.807) is 28.6 Å². The third kappa shape index (κ3) is 5.25. The molecule has 2 aromatic carbocycles. The predicted octanol–water partition coefficient (Wildman–Crippen LogP) is 5.79. The standard InChI is InChI=1S/C23H26Cl2N2O3S/c1-23(2)14-15(6-8-30-23)16-10-17(24)12-18(11-16)26-22(28)20-13-19(4-5-21(20)25)27-7-3-9-31(27)29/h4-5,10-13,15H,3,6-9,14H2,1-2H3,(H,26,28). The van der Waals surface area contributed by atoms with Crippen molar-refractivity contribution in [1.82, 2.24) is 0 Å². The SMILES string of the molecule is CC1(C)CC(c2cc(Cl)cc(NC(=O)c3cc(N4CCCS4=O)ccc3Cl)c2)CCO1. The molecular formula is C23H26Cl2N2O3S. The molecule has 2 saturated heterocycles. The minimum Gasteiger partial charge on any atom is -0.376 e. The first-order chi connectivity index (χ1) is 14.7. The molecule has 2 aliphatic rings. The van der Waals surface area contributed by atoms with E-state index < -0.39 is 11.0 Å². The lowest BCUT2D eigenvalue weighted by atomic mass is 9.83. The van der Waals surface area contributed by atoms with Crippen LogP contribution in [-0.2, 0) is 15.7 Å². The molecule has 1 N–H and O–H groups in total. The highest BCUT2D eigenvalue weighted by molar-refractivity contribution is 7.86. The van der Waals surface area contributed by atoms with Crippen LogP contribution < -0.4 is 9.62 Å². The lowest BCUT2D eigenvalue weighted by molar-refractivity contribution is -0.0593. The number of halogens is 2. The summed E-state index contributed by atoms with van der Waals surface area (Å²) in [5.41, 5.74) is 2.62. The number of amides is 1. The van der Waals surface area contributed by atoms with Crippen molar-refractivity contribution < 1.29 is 13.7 Å². The lowest BCUT2D eigenvalue weighted by Crippen LogP contribution is -2.33. The zero-order valence-electron chi connectivity index (χ0n) is 17.6. The Balaban J connectivity index is 1.56. The summed E-state index contributed by atoms with van der Waals surface area (Å²) >= 11 is 12.7. The van der Waals surface area contributed by atoms with Gasteiger partial charge in [-0.25, -0.2) is 4.21 Å². The highest BCUT2D eigenvalue weighted by Crippen LogP contribution is 2.37. The summed E-state index contributed by atoms with van der Waals surface area (Å²) in [4.78, 5) is 13.0. The van der Waals surface area contributed by atoms with E-state index in [1.165, 1.54) is 0 Å². The van der Waals surface area contributed by atoms with E-state index >= 15 is 0 Å². The van der Waals surface area contributed by atoms with Crippen LogP contribution >= 0.6 is 23.2 Å². The molecule has 0 bridgehead atoms. The van der Waals surface area contributed by atoms with Crippen molar-refractivity contribution in [3.8, 4) is 0 Å². The summed E-state index contributed by atoms with van der Waals surface area (Å²) < 4.78 is 19.8. The maximum atomic E-state index is 13.0. The first-order valence-corrected chi connectivity index (χ1v) is 12.5. The Hall–Kier alpha value is -1.60. The number of anilines is 2. The Morgan fingerprint density at radius 1 is 1.23 bits per heavy atom. The van der Waals surface area contributed by atoms with Gasteiger partial charge in [-0.3, -0.25) is 9.10 Å². The highest BCUT2D eigenvalue weighted by Gasteiger charge is 2.30. The van der Waals surface area contributed by atoms with Gasteiger partial charge in [0.1, 0.15) is 11.0 Å². The molecule has 0 saturated carbocycles. The summed E-state index contributed by atoms with van der Waals surface area (Å²) in [6.45, 7) is 5.59. The van der Waals surface area contributed by atoms with Gasteiger partial charge in [0.05, 0.1) is 21.9 Å². The number of hydrogen-bond acceptors (Lipinski definition) is 3. The van der Waals surface area contributed by atoms with E-state index in [0.29, 0.717) is 46.1 Å². The number of carbonyl (C=O) groups is 1. The number of rotatable bonds is 4. The Bertz CT molecular complexity index is 1030. The molecule has 2 aliphatic heterocycles. The molecular weight excluding hydrogens is 455 g/mol. The van der Waals surface area contributed by atoms with Crippen molar-refractivity contribution >= 4 is 51.5 Å². The average molecular weight is 481 g/mol. The maximum absolute atomic E-state index is 13.0. The van der Waals surface area contributed by atoms with Crippen molar-refractivity contribution in [1.29, 1.82) is 0 Å². The molecule has 5 nitrogen and oxygen atoms in total. The topological polar surface area (TPSA) is 58.6 Å². The molecule has 1 amide bonds. The Labute approximate surface area is 195 Å². The molecule has 0 spiro atoms. The van der Waals surface area contributed by atoms with E-state index in [9.17, 15) is 9.00 Å². The summed E-state index contributed by atoms with van der Waals surface area (Å²) in [6, 6.07) is 10.8. The van der Waals surface area contributed by atoms with Gasteiger partial charge in [-0.05, 0) is 81.0 Å². The predicted molar refractivity (Wildman–Crippen MR) is 128 cm³/mol. The number of carbonyl (C=O) groups excluding carboxylic acids is 1. The zero-order chi connectivity index (χ0) is 22.2. The van der Waals surface area contributed by atoms with Gasteiger partial charge in [-0.15, -0.1) is 0 Å². The Kier molecular flexibility index (Phi) is 6.63. The van der Waals surface area contributed by atoms with Gasteiger partial charge in [0.15, 0.2) is 0 Å². The van der Waals surface area contributed by atoms with Gasteiger partial charge in [0, 0.05) is 29.6 Å². The third-order valence-corrected chi connectivity index (χ3v) is 7.83. The van der Waals surface area contributed by atoms with Crippen molar-refractivity contribution in [3.63, 3.8) is 0 Å². The molecule has 8 heteroatoms. The van der Waals surface area contributed by atoms with Gasteiger partial charge in [0.25, 0.3) is 5.91 Å². The molecule has 0 aromatic heterocycles. The lowest BCUT2D eigenvalue weighted by Gasteiger charge is -2.36. The van der Waals surface area contributed by atoms with Crippen LogP contribution in [0.5, 0.6) is 0 Å². The van der Waals surface area contributed by atoms with Crippen molar-refractivity contribution in [3.05, 3.63) is 57.6 Å². The molecule has 166 valence electrons. The van der Waals surface area contributed by atoms with Gasteiger partial charge in [-0.2, -0.15) is 0 Å². The fourth-order valence-electron chi connectivity index (χ4n) is 4.27. The van der Waals surface area contributed by atoms with Crippen molar-refractivity contribution in [2.24, 2.45) is 0 Å². The van der Waals surface area contributed by atoms with Crippen LogP contribution in [-0.4, -0.2) is 34.6 Å². The van der Waals surface area contributed by atoms with Crippen LogP contribution in [0.4, 0.5) is 11.4 Å². The number of nitrogens with one attached hydrogen (secondary N) is 1. The Morgan fingerprint density at radius 2 is 2.03 bits per heavy atom. The first-order valence-electron chi connectivity index (χ1n) is 10.4. The molecule has 31 heavy (non-hydrogen) atoms. The third-order valence-electron chi connectivity index (χ3n) is 5.76. The molecule has 0 radical (unpaired) electrons. The molecule has 2 atom stereocenters. The molecule has 2 heterocycles. The molecule has 2 aromatic rings. The monoisotopic (exact) mass is 480 g/mol. The van der Waals surface area contributed by atoms with Crippen molar-refractivity contribution in [2.45, 2.75) is 44.6 Å². The number of benzene rings is 2. The number of ether oxygens (including phenoxy) is 1. The molecule has 2 fully saturated rings. The number of nitrogens with zero attached hydrogens (tertiary/aromatic N) is 1. The van der Waals surface area contributed by atoms with E-state index in [1.807, 2.05) is 12.1 Å².